The summed E-state index contributed by atoms with van der Waals surface area (Å²) in [4.78, 5) is 7.02. The molecule has 0 aromatic heterocycles. The summed E-state index contributed by atoms with van der Waals surface area (Å²) in [6, 6.07) is 1.05. The van der Waals surface area contributed by atoms with Crippen molar-refractivity contribution in [2.45, 2.75) is 71.1 Å². The van der Waals surface area contributed by atoms with Crippen LogP contribution in [0.25, 0.3) is 0 Å². The van der Waals surface area contributed by atoms with Gasteiger partial charge in [0.1, 0.15) is 0 Å². The van der Waals surface area contributed by atoms with Crippen molar-refractivity contribution in [3.05, 3.63) is 0 Å². The third-order valence-corrected chi connectivity index (χ3v) is 4.45. The van der Waals surface area contributed by atoms with Gasteiger partial charge in [-0.3, -0.25) is 4.99 Å². The Hall–Kier alpha value is -0.0800. The summed E-state index contributed by atoms with van der Waals surface area (Å²) in [5.74, 6) is 0.913. The number of nitrogens with zero attached hydrogens (tertiary/aromatic N) is 2. The zero-order chi connectivity index (χ0) is 15.7. The average molecular weight is 426 g/mol. The van der Waals surface area contributed by atoms with Crippen molar-refractivity contribution in [3.8, 4) is 0 Å². The van der Waals surface area contributed by atoms with E-state index >= 15 is 0 Å². The lowest BCUT2D eigenvalue weighted by Crippen LogP contribution is -2.45. The van der Waals surface area contributed by atoms with Gasteiger partial charge in [0.2, 0.25) is 0 Å². The van der Waals surface area contributed by atoms with E-state index in [1.807, 2.05) is 0 Å². The number of aliphatic hydroxyl groups is 1. The molecule has 5 nitrogen and oxygen atoms in total. The fourth-order valence-electron chi connectivity index (χ4n) is 2.59. The van der Waals surface area contributed by atoms with Crippen molar-refractivity contribution in [3.63, 3.8) is 0 Å². The topological polar surface area (TPSA) is 59.9 Å². The number of hydrogen-bond donors (Lipinski definition) is 3. The largest absolute Gasteiger partial charge is 0.393 e. The van der Waals surface area contributed by atoms with Gasteiger partial charge in [-0.05, 0) is 53.0 Å². The molecule has 0 heterocycles. The standard InChI is InChI=1S/C16H34N4O.HI/c1-5-13(3)20(4)12-11-18-16(17-6-2)19-14-7-9-15(21)10-8-14;/h13-15,21H,5-12H2,1-4H3,(H2,17,18,19);1H. The Bertz CT molecular complexity index is 307. The molecule has 1 saturated carbocycles. The van der Waals surface area contributed by atoms with Crippen LogP contribution < -0.4 is 10.6 Å². The number of guanidine groups is 1. The van der Waals surface area contributed by atoms with Crippen LogP contribution in [-0.4, -0.2) is 60.8 Å². The summed E-state index contributed by atoms with van der Waals surface area (Å²) < 4.78 is 0. The Balaban J connectivity index is 0.00000441. The van der Waals surface area contributed by atoms with Crippen molar-refractivity contribution < 1.29 is 5.11 Å². The normalized spacial score (nSPS) is 23.8. The number of likely N-dealkylation sites (N-methyl/N-ethyl adjacent to an activating group) is 1. The van der Waals surface area contributed by atoms with Crippen LogP contribution in [-0.2, 0) is 0 Å². The van der Waals surface area contributed by atoms with Crippen LogP contribution in [0.4, 0.5) is 0 Å². The van der Waals surface area contributed by atoms with Crippen LogP contribution >= 0.6 is 24.0 Å². The van der Waals surface area contributed by atoms with Gasteiger partial charge in [-0.25, -0.2) is 0 Å². The third kappa shape index (κ3) is 8.53. The van der Waals surface area contributed by atoms with E-state index in [1.165, 1.54) is 6.42 Å². The molecule has 0 aromatic rings. The molecule has 0 radical (unpaired) electrons. The molecule has 22 heavy (non-hydrogen) atoms. The number of halogens is 1. The number of rotatable bonds is 7. The number of nitrogens with one attached hydrogen (secondary N) is 2. The lowest BCUT2D eigenvalue weighted by Gasteiger charge is -2.28. The Morgan fingerprint density at radius 1 is 1.27 bits per heavy atom. The van der Waals surface area contributed by atoms with Crippen molar-refractivity contribution in [2.24, 2.45) is 4.99 Å². The molecule has 1 aliphatic carbocycles. The predicted molar refractivity (Wildman–Crippen MR) is 105 cm³/mol. The van der Waals surface area contributed by atoms with Crippen molar-refractivity contribution >= 4 is 29.9 Å². The molecule has 0 aromatic carbocycles. The second kappa shape index (κ2) is 12.4. The van der Waals surface area contributed by atoms with E-state index in [0.29, 0.717) is 12.1 Å². The van der Waals surface area contributed by atoms with E-state index in [9.17, 15) is 5.11 Å². The van der Waals surface area contributed by atoms with Crippen LogP contribution in [0.3, 0.4) is 0 Å². The molecule has 6 heteroatoms. The number of aliphatic hydroxyl groups excluding tert-OH is 1. The van der Waals surface area contributed by atoms with Gasteiger partial charge < -0.3 is 20.6 Å². The lowest BCUT2D eigenvalue weighted by molar-refractivity contribution is 0.120. The van der Waals surface area contributed by atoms with E-state index < -0.39 is 0 Å². The molecule has 0 aliphatic heterocycles. The molecule has 0 amide bonds. The van der Waals surface area contributed by atoms with Crippen molar-refractivity contribution in [2.75, 3.05) is 26.7 Å². The minimum absolute atomic E-state index is 0. The van der Waals surface area contributed by atoms with Gasteiger partial charge in [-0.1, -0.05) is 6.92 Å². The van der Waals surface area contributed by atoms with Gasteiger partial charge in [0.05, 0.1) is 12.6 Å². The smallest absolute Gasteiger partial charge is 0.191 e. The van der Waals surface area contributed by atoms with Gasteiger partial charge in [0.15, 0.2) is 5.96 Å². The fourth-order valence-corrected chi connectivity index (χ4v) is 2.59. The molecule has 0 spiro atoms. The molecule has 0 saturated heterocycles. The van der Waals surface area contributed by atoms with Gasteiger partial charge in [0, 0.05) is 25.2 Å². The maximum atomic E-state index is 9.56. The second-order valence-electron chi connectivity index (χ2n) is 6.15. The van der Waals surface area contributed by atoms with Crippen LogP contribution in [0.2, 0.25) is 0 Å². The minimum Gasteiger partial charge on any atom is -0.393 e. The monoisotopic (exact) mass is 426 g/mol. The minimum atomic E-state index is -0.105. The zero-order valence-electron chi connectivity index (χ0n) is 14.6. The first-order chi connectivity index (χ1) is 10.1. The Labute approximate surface area is 153 Å². The van der Waals surface area contributed by atoms with Crippen LogP contribution in [0.5, 0.6) is 0 Å². The molecule has 1 atom stereocenters. The molecule has 3 N–H and O–H groups in total. The van der Waals surface area contributed by atoms with E-state index in [-0.39, 0.29) is 30.1 Å². The SMILES string of the molecule is CCNC(=NCCN(C)C(C)CC)NC1CCC(O)CC1.I. The van der Waals surface area contributed by atoms with Crippen LogP contribution in [0, 0.1) is 0 Å². The highest BCUT2D eigenvalue weighted by atomic mass is 127. The number of hydrogen-bond acceptors (Lipinski definition) is 3. The highest BCUT2D eigenvalue weighted by Crippen LogP contribution is 2.18. The van der Waals surface area contributed by atoms with Gasteiger partial charge in [-0.2, -0.15) is 0 Å². The summed E-state index contributed by atoms with van der Waals surface area (Å²) in [5.41, 5.74) is 0. The highest BCUT2D eigenvalue weighted by molar-refractivity contribution is 14.0. The maximum Gasteiger partial charge on any atom is 0.191 e. The summed E-state index contributed by atoms with van der Waals surface area (Å²) in [6.07, 6.45) is 4.91. The Kier molecular flexibility index (Phi) is 12.3. The first kappa shape index (κ1) is 21.9. The fraction of sp³-hybridized carbons (Fsp3) is 0.938. The molecular formula is C16H35IN4O. The average Bonchev–Trinajstić information content (AvgIpc) is 2.48. The molecule has 0 bridgehead atoms. The Morgan fingerprint density at radius 3 is 2.45 bits per heavy atom. The van der Waals surface area contributed by atoms with Crippen molar-refractivity contribution in [1.82, 2.24) is 15.5 Å². The van der Waals surface area contributed by atoms with Gasteiger partial charge in [-0.15, -0.1) is 24.0 Å². The summed E-state index contributed by atoms with van der Waals surface area (Å²) >= 11 is 0. The lowest BCUT2D eigenvalue weighted by atomic mass is 9.93. The molecule has 1 rings (SSSR count). The Morgan fingerprint density at radius 2 is 1.91 bits per heavy atom. The first-order valence-electron chi connectivity index (χ1n) is 8.49. The molecule has 1 aliphatic rings. The van der Waals surface area contributed by atoms with Crippen molar-refractivity contribution in [1.29, 1.82) is 0 Å². The number of aliphatic imine (C=N–C) groups is 1. The van der Waals surface area contributed by atoms with E-state index in [1.54, 1.807) is 0 Å². The van der Waals surface area contributed by atoms with Crippen LogP contribution in [0.1, 0.15) is 52.9 Å². The third-order valence-electron chi connectivity index (χ3n) is 4.45. The van der Waals surface area contributed by atoms with E-state index in [2.05, 4.69) is 48.3 Å². The summed E-state index contributed by atoms with van der Waals surface area (Å²) in [5, 5.41) is 16.4. The molecule has 1 fully saturated rings. The molecule has 132 valence electrons. The first-order valence-corrected chi connectivity index (χ1v) is 8.49. The zero-order valence-corrected chi connectivity index (χ0v) is 17.0. The predicted octanol–water partition coefficient (Wildman–Crippen LogP) is 2.19. The second-order valence-corrected chi connectivity index (χ2v) is 6.15. The molecular weight excluding hydrogens is 391 g/mol. The highest BCUT2D eigenvalue weighted by Gasteiger charge is 2.19. The summed E-state index contributed by atoms with van der Waals surface area (Å²) in [7, 11) is 2.16. The van der Waals surface area contributed by atoms with Gasteiger partial charge in [0.25, 0.3) is 0 Å². The van der Waals surface area contributed by atoms with E-state index in [0.717, 1.165) is 51.3 Å². The quantitative estimate of drug-likeness (QED) is 0.332. The van der Waals surface area contributed by atoms with Gasteiger partial charge >= 0.3 is 0 Å². The maximum absolute atomic E-state index is 9.56. The summed E-state index contributed by atoms with van der Waals surface area (Å²) in [6.45, 7) is 9.23. The van der Waals surface area contributed by atoms with E-state index in [4.69, 9.17) is 0 Å². The van der Waals surface area contributed by atoms with Crippen LogP contribution in [0.15, 0.2) is 4.99 Å². The molecule has 1 unspecified atom stereocenters.